The van der Waals surface area contributed by atoms with Gasteiger partial charge in [0, 0.05) is 36.6 Å². The Morgan fingerprint density at radius 1 is 1.32 bits per heavy atom. The Labute approximate surface area is 171 Å². The van der Waals surface area contributed by atoms with Gasteiger partial charge in [0.05, 0.1) is 18.2 Å². The fourth-order valence-electron chi connectivity index (χ4n) is 3.89. The number of nitrogens with zero attached hydrogens (tertiary/aromatic N) is 5. The normalized spacial score (nSPS) is 21.6. The van der Waals surface area contributed by atoms with Gasteiger partial charge in [0.25, 0.3) is 0 Å². The highest BCUT2D eigenvalue weighted by atomic mass is 32.2. The minimum atomic E-state index is -2.94. The van der Waals surface area contributed by atoms with E-state index in [1.165, 1.54) is 0 Å². The zero-order chi connectivity index (χ0) is 19.9. The molecule has 0 radical (unpaired) electrons. The van der Waals surface area contributed by atoms with E-state index in [1.807, 2.05) is 23.0 Å². The van der Waals surface area contributed by atoms with Crippen LogP contribution in [-0.2, 0) is 16.5 Å². The molecule has 1 atom stereocenters. The first-order valence-corrected chi connectivity index (χ1v) is 12.1. The molecule has 1 unspecified atom stereocenters. The van der Waals surface area contributed by atoms with Crippen molar-refractivity contribution in [3.63, 3.8) is 0 Å². The Bertz CT molecular complexity index is 993. The van der Waals surface area contributed by atoms with Crippen LogP contribution in [0.1, 0.15) is 39.2 Å². The van der Waals surface area contributed by atoms with Crippen LogP contribution in [0.25, 0.3) is 11.4 Å². The molecule has 7 nitrogen and oxygen atoms in total. The molecule has 28 heavy (non-hydrogen) atoms. The summed E-state index contributed by atoms with van der Waals surface area (Å²) in [6.45, 7) is 5.64. The third-order valence-corrected chi connectivity index (χ3v) is 7.50. The van der Waals surface area contributed by atoms with E-state index < -0.39 is 9.84 Å². The lowest BCUT2D eigenvalue weighted by Gasteiger charge is -2.29. The lowest BCUT2D eigenvalue weighted by molar-refractivity contribution is 0.137. The van der Waals surface area contributed by atoms with Crippen molar-refractivity contribution in [2.75, 3.05) is 18.1 Å². The van der Waals surface area contributed by atoms with Gasteiger partial charge in [0.15, 0.2) is 20.4 Å². The molecule has 1 saturated heterocycles. The Balaban J connectivity index is 1.67. The van der Waals surface area contributed by atoms with Crippen molar-refractivity contribution < 1.29 is 8.42 Å². The van der Waals surface area contributed by atoms with Crippen molar-refractivity contribution in [1.82, 2.24) is 24.2 Å². The van der Waals surface area contributed by atoms with Crippen LogP contribution in [0.5, 0.6) is 0 Å². The Hall–Kier alpha value is -1.58. The molecule has 9 heteroatoms. The highest BCUT2D eigenvalue weighted by Crippen LogP contribution is 2.38. The maximum Gasteiger partial charge on any atom is 0.199 e. The summed E-state index contributed by atoms with van der Waals surface area (Å²) >= 11 is 5.78. The number of hydrogen-bond acceptors (Lipinski definition) is 6. The average molecular weight is 422 g/mol. The first kappa shape index (κ1) is 19.7. The van der Waals surface area contributed by atoms with Crippen LogP contribution >= 0.6 is 12.2 Å². The van der Waals surface area contributed by atoms with Gasteiger partial charge >= 0.3 is 0 Å². The summed E-state index contributed by atoms with van der Waals surface area (Å²) < 4.78 is 28.7. The van der Waals surface area contributed by atoms with E-state index in [4.69, 9.17) is 17.3 Å². The van der Waals surface area contributed by atoms with E-state index in [9.17, 15) is 8.42 Å². The van der Waals surface area contributed by atoms with Gasteiger partial charge < -0.3 is 0 Å². The molecule has 0 spiro atoms. The number of hydrogen-bond donors (Lipinski definition) is 0. The molecule has 0 aromatic carbocycles. The summed E-state index contributed by atoms with van der Waals surface area (Å²) in [7, 11) is -2.94. The second kappa shape index (κ2) is 7.68. The second-order valence-corrected chi connectivity index (χ2v) is 10.9. The van der Waals surface area contributed by atoms with Crippen LogP contribution in [0.15, 0.2) is 24.5 Å². The van der Waals surface area contributed by atoms with E-state index >= 15 is 0 Å². The molecule has 0 amide bonds. The van der Waals surface area contributed by atoms with Gasteiger partial charge in [-0.1, -0.05) is 13.8 Å². The summed E-state index contributed by atoms with van der Waals surface area (Å²) in [6.07, 6.45) is 6.48. The van der Waals surface area contributed by atoms with Crippen LogP contribution in [0.4, 0.5) is 0 Å². The molecular weight excluding hydrogens is 394 g/mol. The molecule has 2 aliphatic rings. The van der Waals surface area contributed by atoms with Gasteiger partial charge in [-0.2, -0.15) is 5.10 Å². The largest absolute Gasteiger partial charge is 0.297 e. The number of aromatic nitrogens is 4. The van der Waals surface area contributed by atoms with Crippen LogP contribution in [-0.4, -0.2) is 56.7 Å². The molecule has 1 saturated carbocycles. The third-order valence-electron chi connectivity index (χ3n) is 5.34. The van der Waals surface area contributed by atoms with Gasteiger partial charge in [-0.25, -0.2) is 13.1 Å². The van der Waals surface area contributed by atoms with Gasteiger partial charge in [-0.05, 0) is 49.5 Å². The maximum absolute atomic E-state index is 12.0. The molecule has 1 aliphatic carbocycles. The molecule has 4 rings (SSSR count). The van der Waals surface area contributed by atoms with Crippen LogP contribution < -0.4 is 0 Å². The number of sulfone groups is 1. The topological polar surface area (TPSA) is 73.0 Å². The van der Waals surface area contributed by atoms with Crippen molar-refractivity contribution in [2.24, 2.45) is 5.92 Å². The van der Waals surface area contributed by atoms with E-state index in [2.05, 4.69) is 28.3 Å². The molecule has 2 fully saturated rings. The zero-order valence-corrected chi connectivity index (χ0v) is 18.0. The predicted molar refractivity (Wildman–Crippen MR) is 111 cm³/mol. The summed E-state index contributed by atoms with van der Waals surface area (Å²) in [5.41, 5.74) is 0.957. The predicted octanol–water partition coefficient (Wildman–Crippen LogP) is 2.91. The maximum atomic E-state index is 12.0. The molecule has 3 heterocycles. The molecule has 2 aromatic rings. The number of pyridine rings is 1. The molecule has 1 aliphatic heterocycles. The lowest BCUT2D eigenvalue weighted by atomic mass is 10.1. The second-order valence-electron chi connectivity index (χ2n) is 8.31. The quantitative estimate of drug-likeness (QED) is 0.640. The Morgan fingerprint density at radius 2 is 2.11 bits per heavy atom. The molecular formula is C19H27N5O2S2. The van der Waals surface area contributed by atoms with Crippen molar-refractivity contribution >= 4 is 22.1 Å². The van der Waals surface area contributed by atoms with Crippen molar-refractivity contribution in [1.29, 1.82) is 0 Å². The average Bonchev–Trinajstić information content (AvgIpc) is 3.34. The molecule has 0 bridgehead atoms. The smallest absolute Gasteiger partial charge is 0.199 e. The summed E-state index contributed by atoms with van der Waals surface area (Å²) in [5.74, 6) is 1.78. The minimum absolute atomic E-state index is 0.0298. The molecule has 2 aromatic heterocycles. The van der Waals surface area contributed by atoms with E-state index in [0.29, 0.717) is 29.8 Å². The standard InChI is InChI=1S/C19H27N5O2S2/c1-14(2)11-22(17-7-9-28(25,26)12-17)13-23-19(27)24(16-5-6-16)18(21-23)15-4-3-8-20-10-15/h3-4,8,10,14,16-17H,5-7,9,11-13H2,1-2H3. The highest BCUT2D eigenvalue weighted by molar-refractivity contribution is 7.91. The molecule has 0 N–H and O–H groups in total. The zero-order valence-electron chi connectivity index (χ0n) is 16.4. The SMILES string of the molecule is CC(C)CN(Cn1nc(-c2cccnc2)n(C2CC2)c1=S)C1CCS(=O)(=O)C1. The van der Waals surface area contributed by atoms with Crippen molar-refractivity contribution in [3.05, 3.63) is 29.3 Å². The summed E-state index contributed by atoms with van der Waals surface area (Å²) in [5, 5.41) is 4.84. The monoisotopic (exact) mass is 421 g/mol. The molecule has 152 valence electrons. The van der Waals surface area contributed by atoms with E-state index in [-0.39, 0.29) is 17.5 Å². The summed E-state index contributed by atoms with van der Waals surface area (Å²) in [6, 6.07) is 4.34. The Morgan fingerprint density at radius 3 is 2.68 bits per heavy atom. The van der Waals surface area contributed by atoms with Gasteiger partial charge in [0.1, 0.15) is 0 Å². The van der Waals surface area contributed by atoms with E-state index in [1.54, 1.807) is 6.20 Å². The van der Waals surface area contributed by atoms with Gasteiger partial charge in [0.2, 0.25) is 0 Å². The minimum Gasteiger partial charge on any atom is -0.297 e. The van der Waals surface area contributed by atoms with Gasteiger partial charge in [-0.15, -0.1) is 0 Å². The van der Waals surface area contributed by atoms with Crippen LogP contribution in [0, 0.1) is 10.7 Å². The van der Waals surface area contributed by atoms with Gasteiger partial charge in [-0.3, -0.25) is 14.5 Å². The Kier molecular flexibility index (Phi) is 5.41. The van der Waals surface area contributed by atoms with Crippen molar-refractivity contribution in [2.45, 2.75) is 51.9 Å². The van der Waals surface area contributed by atoms with E-state index in [0.717, 1.165) is 30.8 Å². The highest BCUT2D eigenvalue weighted by Gasteiger charge is 2.34. The van der Waals surface area contributed by atoms with Crippen LogP contribution in [0.2, 0.25) is 0 Å². The third kappa shape index (κ3) is 4.21. The summed E-state index contributed by atoms with van der Waals surface area (Å²) in [4.78, 5) is 6.46. The fourth-order valence-corrected chi connectivity index (χ4v) is 5.99. The van der Waals surface area contributed by atoms with Crippen LogP contribution in [0.3, 0.4) is 0 Å². The number of rotatable bonds is 7. The van der Waals surface area contributed by atoms with Crippen molar-refractivity contribution in [3.8, 4) is 11.4 Å². The lowest BCUT2D eigenvalue weighted by Crippen LogP contribution is -2.40. The fraction of sp³-hybridized carbons (Fsp3) is 0.632. The first-order valence-electron chi connectivity index (χ1n) is 9.88. The first-order chi connectivity index (χ1) is 13.3.